The fraction of sp³-hybridized carbons (Fsp3) is 0.286. The quantitative estimate of drug-likeness (QED) is 0.576. The van der Waals surface area contributed by atoms with Crippen LogP contribution in [0.5, 0.6) is 0 Å². The van der Waals surface area contributed by atoms with Crippen LogP contribution in [0, 0.1) is 0 Å². The normalized spacial score (nSPS) is 15.4. The maximum Gasteiger partial charge on any atom is 0.319 e. The Morgan fingerprint density at radius 2 is 1.59 bits per heavy atom. The molecule has 8 heteroatoms. The van der Waals surface area contributed by atoms with Crippen LogP contribution < -0.4 is 21.3 Å². The predicted molar refractivity (Wildman–Crippen MR) is 110 cm³/mol. The van der Waals surface area contributed by atoms with Gasteiger partial charge in [-0.3, -0.25) is 9.59 Å². The van der Waals surface area contributed by atoms with Crippen molar-refractivity contribution >= 4 is 29.2 Å². The summed E-state index contributed by atoms with van der Waals surface area (Å²) in [7, 11) is 0. The van der Waals surface area contributed by atoms with Gasteiger partial charge in [0.05, 0.1) is 12.6 Å². The van der Waals surface area contributed by atoms with E-state index in [0.29, 0.717) is 23.5 Å². The standard InChI is InChI=1S/C21H24N4O4/c26-19(14-22-20(27)15-5-2-1-3-6-15)24-16-8-10-17(11-9-16)25-21(28)23-13-18-7-4-12-29-18/h1-3,5-6,8-11,18H,4,7,12-14H2,(H,22,27)(H,24,26)(H2,23,25,28). The minimum atomic E-state index is -0.343. The minimum Gasteiger partial charge on any atom is -0.376 e. The molecule has 2 aromatic rings. The SMILES string of the molecule is O=C(CNC(=O)c1ccccc1)Nc1ccc(NC(=O)NCC2CCCO2)cc1. The highest BCUT2D eigenvalue weighted by atomic mass is 16.5. The van der Waals surface area contributed by atoms with Crippen molar-refractivity contribution < 1.29 is 19.1 Å². The number of rotatable bonds is 7. The number of anilines is 2. The lowest BCUT2D eigenvalue weighted by Gasteiger charge is -2.12. The van der Waals surface area contributed by atoms with Crippen LogP contribution in [0.25, 0.3) is 0 Å². The molecule has 29 heavy (non-hydrogen) atoms. The summed E-state index contributed by atoms with van der Waals surface area (Å²) < 4.78 is 5.46. The first-order chi connectivity index (χ1) is 14.1. The summed E-state index contributed by atoms with van der Waals surface area (Å²) in [4.78, 5) is 35.9. The zero-order valence-corrected chi connectivity index (χ0v) is 15.9. The summed E-state index contributed by atoms with van der Waals surface area (Å²) in [6.07, 6.45) is 2.07. The third-order valence-electron chi connectivity index (χ3n) is 4.39. The van der Waals surface area contributed by atoms with Gasteiger partial charge < -0.3 is 26.0 Å². The molecule has 0 radical (unpaired) electrons. The van der Waals surface area contributed by atoms with E-state index in [1.807, 2.05) is 6.07 Å². The van der Waals surface area contributed by atoms with Gasteiger partial charge in [-0.05, 0) is 49.2 Å². The second-order valence-electron chi connectivity index (χ2n) is 6.64. The fourth-order valence-electron chi connectivity index (χ4n) is 2.88. The maximum absolute atomic E-state index is 12.0. The summed E-state index contributed by atoms with van der Waals surface area (Å²) in [6, 6.07) is 15.1. The molecule has 2 aromatic carbocycles. The van der Waals surface area contributed by atoms with Gasteiger partial charge in [-0.25, -0.2) is 4.79 Å². The number of ether oxygens (including phenoxy) is 1. The number of urea groups is 1. The molecule has 4 amide bonds. The van der Waals surface area contributed by atoms with Crippen LogP contribution in [0.15, 0.2) is 54.6 Å². The molecule has 0 spiro atoms. The lowest BCUT2D eigenvalue weighted by atomic mass is 10.2. The first kappa shape index (κ1) is 20.3. The van der Waals surface area contributed by atoms with E-state index in [0.717, 1.165) is 19.4 Å². The van der Waals surface area contributed by atoms with Crippen LogP contribution in [-0.4, -0.2) is 43.6 Å². The van der Waals surface area contributed by atoms with Gasteiger partial charge in [-0.1, -0.05) is 18.2 Å². The van der Waals surface area contributed by atoms with Crippen LogP contribution in [-0.2, 0) is 9.53 Å². The Labute approximate surface area is 169 Å². The zero-order valence-electron chi connectivity index (χ0n) is 15.9. The van der Waals surface area contributed by atoms with Crippen LogP contribution in [0.1, 0.15) is 23.2 Å². The monoisotopic (exact) mass is 396 g/mol. The number of hydrogen-bond donors (Lipinski definition) is 4. The molecule has 0 aliphatic carbocycles. The Hall–Kier alpha value is -3.39. The van der Waals surface area contributed by atoms with Gasteiger partial charge >= 0.3 is 6.03 Å². The molecule has 1 saturated heterocycles. The molecule has 0 aromatic heterocycles. The molecule has 1 atom stereocenters. The second-order valence-corrected chi connectivity index (χ2v) is 6.64. The molecule has 1 heterocycles. The van der Waals surface area contributed by atoms with Crippen molar-refractivity contribution in [1.82, 2.24) is 10.6 Å². The Bertz CT molecular complexity index is 834. The molecule has 1 aliphatic rings. The number of carbonyl (C=O) groups is 3. The number of benzene rings is 2. The fourth-order valence-corrected chi connectivity index (χ4v) is 2.88. The lowest BCUT2D eigenvalue weighted by Crippen LogP contribution is -2.35. The van der Waals surface area contributed by atoms with Crippen molar-refractivity contribution in [3.63, 3.8) is 0 Å². The van der Waals surface area contributed by atoms with Crippen LogP contribution in [0.3, 0.4) is 0 Å². The van der Waals surface area contributed by atoms with E-state index in [2.05, 4.69) is 21.3 Å². The molecular weight excluding hydrogens is 372 g/mol. The molecule has 1 unspecified atom stereocenters. The van der Waals surface area contributed by atoms with Crippen molar-refractivity contribution in [1.29, 1.82) is 0 Å². The summed E-state index contributed by atoms with van der Waals surface area (Å²) in [6.45, 7) is 1.09. The Morgan fingerprint density at radius 1 is 0.897 bits per heavy atom. The molecule has 152 valence electrons. The molecule has 3 rings (SSSR count). The molecule has 1 fully saturated rings. The van der Waals surface area contributed by atoms with Gasteiger partial charge in [-0.2, -0.15) is 0 Å². The van der Waals surface area contributed by atoms with Gasteiger partial charge in [0.15, 0.2) is 0 Å². The summed E-state index contributed by atoms with van der Waals surface area (Å²) in [5.41, 5.74) is 1.66. The topological polar surface area (TPSA) is 109 Å². The number of hydrogen-bond acceptors (Lipinski definition) is 4. The smallest absolute Gasteiger partial charge is 0.319 e. The first-order valence-electron chi connectivity index (χ1n) is 9.50. The molecular formula is C21H24N4O4. The van der Waals surface area contributed by atoms with E-state index in [9.17, 15) is 14.4 Å². The summed E-state index contributed by atoms with van der Waals surface area (Å²) in [5, 5.41) is 10.8. The average molecular weight is 396 g/mol. The largest absolute Gasteiger partial charge is 0.376 e. The van der Waals surface area contributed by atoms with Crippen LogP contribution in [0.4, 0.5) is 16.2 Å². The van der Waals surface area contributed by atoms with Crippen molar-refractivity contribution in [3.05, 3.63) is 60.2 Å². The van der Waals surface area contributed by atoms with Gasteiger partial charge in [0, 0.05) is 30.1 Å². The van der Waals surface area contributed by atoms with E-state index >= 15 is 0 Å². The average Bonchev–Trinajstić information content (AvgIpc) is 3.26. The Balaban J connectivity index is 1.39. The van der Waals surface area contributed by atoms with E-state index in [1.54, 1.807) is 48.5 Å². The number of carbonyl (C=O) groups excluding carboxylic acids is 3. The van der Waals surface area contributed by atoms with E-state index in [-0.39, 0.29) is 30.5 Å². The zero-order chi connectivity index (χ0) is 20.5. The third-order valence-corrected chi connectivity index (χ3v) is 4.39. The first-order valence-corrected chi connectivity index (χ1v) is 9.50. The molecule has 1 aliphatic heterocycles. The summed E-state index contributed by atoms with van der Waals surface area (Å²) in [5.74, 6) is -0.654. The van der Waals surface area contributed by atoms with E-state index in [1.165, 1.54) is 0 Å². The second kappa shape index (κ2) is 10.2. The predicted octanol–water partition coefficient (Wildman–Crippen LogP) is 2.36. The van der Waals surface area contributed by atoms with E-state index < -0.39 is 0 Å². The maximum atomic E-state index is 12.0. The van der Waals surface area contributed by atoms with Crippen molar-refractivity contribution in [2.45, 2.75) is 18.9 Å². The van der Waals surface area contributed by atoms with Crippen LogP contribution >= 0.6 is 0 Å². The number of amides is 4. The van der Waals surface area contributed by atoms with Gasteiger partial charge in [-0.15, -0.1) is 0 Å². The Kier molecular flexibility index (Phi) is 7.18. The lowest BCUT2D eigenvalue weighted by molar-refractivity contribution is -0.115. The molecule has 4 N–H and O–H groups in total. The highest BCUT2D eigenvalue weighted by molar-refractivity contribution is 5.99. The van der Waals surface area contributed by atoms with E-state index in [4.69, 9.17) is 4.74 Å². The van der Waals surface area contributed by atoms with Gasteiger partial charge in [0.25, 0.3) is 5.91 Å². The van der Waals surface area contributed by atoms with Crippen molar-refractivity contribution in [2.75, 3.05) is 30.3 Å². The minimum absolute atomic E-state index is 0.0840. The number of nitrogens with one attached hydrogen (secondary N) is 4. The highest BCUT2D eigenvalue weighted by Gasteiger charge is 2.16. The van der Waals surface area contributed by atoms with Crippen LogP contribution in [0.2, 0.25) is 0 Å². The van der Waals surface area contributed by atoms with Gasteiger partial charge in [0.1, 0.15) is 0 Å². The Morgan fingerprint density at radius 3 is 2.24 bits per heavy atom. The molecule has 8 nitrogen and oxygen atoms in total. The van der Waals surface area contributed by atoms with Crippen molar-refractivity contribution in [2.24, 2.45) is 0 Å². The summed E-state index contributed by atoms with van der Waals surface area (Å²) >= 11 is 0. The molecule has 0 saturated carbocycles. The van der Waals surface area contributed by atoms with Gasteiger partial charge in [0.2, 0.25) is 5.91 Å². The highest BCUT2D eigenvalue weighted by Crippen LogP contribution is 2.14. The molecule has 0 bridgehead atoms. The third kappa shape index (κ3) is 6.62. The van der Waals surface area contributed by atoms with Crippen molar-refractivity contribution in [3.8, 4) is 0 Å².